The summed E-state index contributed by atoms with van der Waals surface area (Å²) in [6, 6.07) is 16.8. The molecule has 1 fully saturated rings. The summed E-state index contributed by atoms with van der Waals surface area (Å²) in [5.41, 5.74) is 5.65. The molecule has 0 unspecified atom stereocenters. The number of imidazole rings is 1. The van der Waals surface area contributed by atoms with Gasteiger partial charge in [-0.25, -0.2) is 4.98 Å². The summed E-state index contributed by atoms with van der Waals surface area (Å²) < 4.78 is 2.15. The van der Waals surface area contributed by atoms with Crippen molar-refractivity contribution in [3.05, 3.63) is 71.5 Å². The number of nitrogens with zero attached hydrogens (tertiary/aromatic N) is 6. The molecule has 144 valence electrons. The number of rotatable bonds is 3. The second-order valence-electron chi connectivity index (χ2n) is 7.55. The number of piperazine rings is 1. The van der Waals surface area contributed by atoms with Crippen LogP contribution in [0.4, 0.5) is 5.82 Å². The third-order valence-corrected chi connectivity index (χ3v) is 5.72. The van der Waals surface area contributed by atoms with Crippen LogP contribution in [-0.4, -0.2) is 45.4 Å². The molecular formula is C23H22N6. The van der Waals surface area contributed by atoms with Crippen LogP contribution >= 0.6 is 0 Å². The van der Waals surface area contributed by atoms with Crippen LogP contribution in [0, 0.1) is 18.3 Å². The quantitative estimate of drug-likeness (QED) is 0.544. The van der Waals surface area contributed by atoms with Crippen molar-refractivity contribution in [1.29, 1.82) is 5.26 Å². The highest BCUT2D eigenvalue weighted by atomic mass is 15.3. The molecule has 0 bridgehead atoms. The minimum Gasteiger partial charge on any atom is -0.355 e. The van der Waals surface area contributed by atoms with Crippen molar-refractivity contribution in [3.63, 3.8) is 0 Å². The molecule has 0 N–H and O–H groups in total. The molecule has 5 rings (SSSR count). The lowest BCUT2D eigenvalue weighted by Crippen LogP contribution is -2.46. The molecule has 0 aliphatic carbocycles. The molecule has 1 aromatic carbocycles. The third kappa shape index (κ3) is 3.10. The second kappa shape index (κ2) is 7.19. The normalized spacial score (nSPS) is 15.1. The molecular weight excluding hydrogens is 360 g/mol. The largest absolute Gasteiger partial charge is 0.355 e. The maximum absolute atomic E-state index is 9.69. The molecule has 1 aliphatic heterocycles. The Morgan fingerprint density at radius 3 is 2.55 bits per heavy atom. The summed E-state index contributed by atoms with van der Waals surface area (Å²) in [7, 11) is 0. The van der Waals surface area contributed by atoms with Gasteiger partial charge >= 0.3 is 0 Å². The second-order valence-corrected chi connectivity index (χ2v) is 7.55. The Labute approximate surface area is 169 Å². The minimum absolute atomic E-state index is 0.654. The zero-order chi connectivity index (χ0) is 19.8. The lowest BCUT2D eigenvalue weighted by atomic mass is 10.1. The maximum atomic E-state index is 9.69. The van der Waals surface area contributed by atoms with Crippen LogP contribution in [0.2, 0.25) is 0 Å². The topological polar surface area (TPSA) is 60.5 Å². The van der Waals surface area contributed by atoms with Crippen LogP contribution in [0.5, 0.6) is 0 Å². The number of para-hydroxylation sites is 2. The van der Waals surface area contributed by atoms with Crippen molar-refractivity contribution in [2.24, 2.45) is 0 Å². The Morgan fingerprint density at radius 1 is 1.03 bits per heavy atom. The van der Waals surface area contributed by atoms with Crippen LogP contribution in [-0.2, 0) is 6.54 Å². The van der Waals surface area contributed by atoms with E-state index in [-0.39, 0.29) is 0 Å². The fourth-order valence-corrected chi connectivity index (χ4v) is 4.18. The number of aryl methyl sites for hydroxylation is 1. The molecule has 0 saturated carbocycles. The smallest absolute Gasteiger partial charge is 0.157 e. The van der Waals surface area contributed by atoms with E-state index in [4.69, 9.17) is 4.98 Å². The number of hydrogen-bond donors (Lipinski definition) is 0. The highest BCUT2D eigenvalue weighted by Gasteiger charge is 2.22. The highest BCUT2D eigenvalue weighted by Crippen LogP contribution is 2.29. The molecule has 0 spiro atoms. The van der Waals surface area contributed by atoms with E-state index < -0.39 is 0 Å². The van der Waals surface area contributed by atoms with E-state index in [1.54, 1.807) is 0 Å². The molecule has 1 aliphatic rings. The Morgan fingerprint density at radius 2 is 1.79 bits per heavy atom. The zero-order valence-corrected chi connectivity index (χ0v) is 16.4. The molecule has 0 atom stereocenters. The minimum atomic E-state index is 0.654. The first-order chi connectivity index (χ1) is 14.2. The molecule has 6 heteroatoms. The molecule has 0 radical (unpaired) electrons. The van der Waals surface area contributed by atoms with Crippen molar-refractivity contribution in [3.8, 4) is 6.07 Å². The molecule has 1 saturated heterocycles. The van der Waals surface area contributed by atoms with Gasteiger partial charge in [0.25, 0.3) is 0 Å². The van der Waals surface area contributed by atoms with E-state index >= 15 is 0 Å². The number of anilines is 1. The average molecular weight is 382 g/mol. The molecule has 3 aromatic heterocycles. The summed E-state index contributed by atoms with van der Waals surface area (Å²) in [6.07, 6.45) is 3.71. The third-order valence-electron chi connectivity index (χ3n) is 5.72. The number of pyridine rings is 2. The molecule has 29 heavy (non-hydrogen) atoms. The van der Waals surface area contributed by atoms with Gasteiger partial charge in [-0.05, 0) is 48.4 Å². The Kier molecular flexibility index (Phi) is 4.38. The number of fused-ring (bicyclic) bond motifs is 3. The zero-order valence-electron chi connectivity index (χ0n) is 16.4. The summed E-state index contributed by atoms with van der Waals surface area (Å²) in [6.45, 7) is 6.83. The summed E-state index contributed by atoms with van der Waals surface area (Å²) in [5.74, 6) is 1.12. The highest BCUT2D eigenvalue weighted by molar-refractivity contribution is 5.85. The van der Waals surface area contributed by atoms with Crippen LogP contribution < -0.4 is 4.90 Å². The number of aromatic nitrogens is 3. The fourth-order valence-electron chi connectivity index (χ4n) is 4.18. The molecule has 6 nitrogen and oxygen atoms in total. The van der Waals surface area contributed by atoms with Crippen molar-refractivity contribution in [1.82, 2.24) is 19.3 Å². The van der Waals surface area contributed by atoms with Crippen LogP contribution in [0.3, 0.4) is 0 Å². The Bertz CT molecular complexity index is 1210. The average Bonchev–Trinajstić information content (AvgIpc) is 3.14. The van der Waals surface area contributed by atoms with Gasteiger partial charge in [0.05, 0.1) is 16.6 Å². The van der Waals surface area contributed by atoms with E-state index in [2.05, 4.69) is 49.5 Å². The van der Waals surface area contributed by atoms with Crippen LogP contribution in [0.15, 0.2) is 54.9 Å². The molecule has 4 heterocycles. The van der Waals surface area contributed by atoms with Gasteiger partial charge < -0.3 is 4.90 Å². The van der Waals surface area contributed by atoms with Gasteiger partial charge in [0.1, 0.15) is 11.9 Å². The summed E-state index contributed by atoms with van der Waals surface area (Å²) in [4.78, 5) is 13.8. The van der Waals surface area contributed by atoms with Gasteiger partial charge in [0, 0.05) is 45.1 Å². The van der Waals surface area contributed by atoms with Crippen molar-refractivity contribution in [2.45, 2.75) is 13.5 Å². The van der Waals surface area contributed by atoms with Gasteiger partial charge in [0.2, 0.25) is 0 Å². The fraction of sp³-hybridized carbons (Fsp3) is 0.261. The lowest BCUT2D eigenvalue weighted by Gasteiger charge is -2.36. The van der Waals surface area contributed by atoms with Gasteiger partial charge in [-0.1, -0.05) is 12.1 Å². The Balaban J connectivity index is 1.49. The SMILES string of the molecule is Cc1cc(N2CCN(Cc3ccncc3)CC2)n2c(nc3ccccc32)c1C#N. The van der Waals surface area contributed by atoms with E-state index in [0.717, 1.165) is 60.8 Å². The summed E-state index contributed by atoms with van der Waals surface area (Å²) in [5, 5.41) is 9.69. The van der Waals surface area contributed by atoms with Gasteiger partial charge in [-0.3, -0.25) is 14.3 Å². The van der Waals surface area contributed by atoms with Gasteiger partial charge in [-0.15, -0.1) is 0 Å². The van der Waals surface area contributed by atoms with E-state index in [1.165, 1.54) is 5.56 Å². The van der Waals surface area contributed by atoms with E-state index in [9.17, 15) is 5.26 Å². The molecule has 4 aromatic rings. The van der Waals surface area contributed by atoms with Crippen LogP contribution in [0.1, 0.15) is 16.7 Å². The monoisotopic (exact) mass is 382 g/mol. The first kappa shape index (κ1) is 17.7. The van der Waals surface area contributed by atoms with Crippen LogP contribution in [0.25, 0.3) is 16.7 Å². The van der Waals surface area contributed by atoms with Gasteiger partial charge in [0.15, 0.2) is 5.65 Å². The van der Waals surface area contributed by atoms with Crippen molar-refractivity contribution >= 4 is 22.5 Å². The predicted octanol–water partition coefficient (Wildman–Crippen LogP) is 3.38. The Hall–Kier alpha value is -3.43. The number of nitriles is 1. The van der Waals surface area contributed by atoms with Gasteiger partial charge in [-0.2, -0.15) is 5.26 Å². The first-order valence-corrected chi connectivity index (χ1v) is 9.92. The molecule has 0 amide bonds. The van der Waals surface area contributed by atoms with E-state index in [1.807, 2.05) is 37.5 Å². The lowest BCUT2D eigenvalue weighted by molar-refractivity contribution is 0.249. The maximum Gasteiger partial charge on any atom is 0.157 e. The number of hydrogen-bond acceptors (Lipinski definition) is 5. The first-order valence-electron chi connectivity index (χ1n) is 9.92. The summed E-state index contributed by atoms with van der Waals surface area (Å²) >= 11 is 0. The number of benzene rings is 1. The van der Waals surface area contributed by atoms with E-state index in [0.29, 0.717) is 5.56 Å². The standard InChI is InChI=1S/C23H22N6/c1-17-14-22(28-12-10-27(11-13-28)16-18-6-8-25-9-7-18)29-21-5-3-2-4-20(21)26-23(29)19(17)15-24/h2-9,14H,10-13,16H2,1H3. The van der Waals surface area contributed by atoms with Crippen molar-refractivity contribution in [2.75, 3.05) is 31.1 Å². The van der Waals surface area contributed by atoms with Crippen molar-refractivity contribution < 1.29 is 0 Å². The predicted molar refractivity (Wildman–Crippen MR) is 114 cm³/mol.